The Balaban J connectivity index is 2.54. The molecule has 0 aliphatic carbocycles. The lowest BCUT2D eigenvalue weighted by atomic mass is 10.0. The maximum atomic E-state index is 12.3. The van der Waals surface area contributed by atoms with Gasteiger partial charge in [0.25, 0.3) is 0 Å². The summed E-state index contributed by atoms with van der Waals surface area (Å²) in [5, 5.41) is 8.65. The summed E-state index contributed by atoms with van der Waals surface area (Å²) < 4.78 is 0. The Morgan fingerprint density at radius 2 is 2.00 bits per heavy atom. The van der Waals surface area contributed by atoms with Crippen molar-refractivity contribution in [2.45, 2.75) is 45.2 Å². The summed E-state index contributed by atoms with van der Waals surface area (Å²) in [5.41, 5.74) is 7.19. The van der Waals surface area contributed by atoms with Crippen molar-refractivity contribution < 1.29 is 4.79 Å². The Labute approximate surface area is 121 Å². The van der Waals surface area contributed by atoms with Gasteiger partial charge in [0.1, 0.15) is 0 Å². The number of nitrogens with zero attached hydrogens (tertiary/aromatic N) is 2. The highest BCUT2D eigenvalue weighted by Gasteiger charge is 2.22. The highest BCUT2D eigenvalue weighted by molar-refractivity contribution is 5.81. The molecule has 0 fully saturated rings. The SMILES string of the molecule is CC(C)N(CCC#N)C(=O)[C@@H](N)CCc1ccccc1. The number of nitriles is 1. The first-order valence-electron chi connectivity index (χ1n) is 7.03. The van der Waals surface area contributed by atoms with Crippen LogP contribution >= 0.6 is 0 Å². The van der Waals surface area contributed by atoms with Crippen molar-refractivity contribution in [1.82, 2.24) is 4.90 Å². The van der Waals surface area contributed by atoms with E-state index in [0.717, 1.165) is 6.42 Å². The summed E-state index contributed by atoms with van der Waals surface area (Å²) in [6.07, 6.45) is 1.76. The van der Waals surface area contributed by atoms with Crippen LogP contribution < -0.4 is 5.73 Å². The third kappa shape index (κ3) is 5.02. The van der Waals surface area contributed by atoms with Gasteiger partial charge in [-0.3, -0.25) is 4.79 Å². The molecular formula is C16H23N3O. The molecule has 20 heavy (non-hydrogen) atoms. The maximum Gasteiger partial charge on any atom is 0.239 e. The van der Waals surface area contributed by atoms with E-state index in [1.165, 1.54) is 5.56 Å². The number of carbonyl (C=O) groups excluding carboxylic acids is 1. The van der Waals surface area contributed by atoms with Crippen LogP contribution in [0.2, 0.25) is 0 Å². The molecule has 4 heteroatoms. The second-order valence-corrected chi connectivity index (χ2v) is 5.16. The van der Waals surface area contributed by atoms with Crippen LogP contribution in [0.4, 0.5) is 0 Å². The average Bonchev–Trinajstić information content (AvgIpc) is 2.45. The molecule has 1 aromatic rings. The Morgan fingerprint density at radius 1 is 1.35 bits per heavy atom. The van der Waals surface area contributed by atoms with Gasteiger partial charge < -0.3 is 10.6 Å². The molecule has 0 spiro atoms. The van der Waals surface area contributed by atoms with Gasteiger partial charge in [-0.1, -0.05) is 30.3 Å². The Bertz CT molecular complexity index is 451. The van der Waals surface area contributed by atoms with Gasteiger partial charge in [-0.15, -0.1) is 0 Å². The monoisotopic (exact) mass is 273 g/mol. The zero-order valence-electron chi connectivity index (χ0n) is 12.2. The number of aryl methyl sites for hydroxylation is 1. The first kappa shape index (κ1) is 16.2. The van der Waals surface area contributed by atoms with E-state index in [0.29, 0.717) is 19.4 Å². The fourth-order valence-electron chi connectivity index (χ4n) is 2.10. The largest absolute Gasteiger partial charge is 0.338 e. The molecule has 108 valence electrons. The van der Waals surface area contributed by atoms with E-state index < -0.39 is 6.04 Å². The minimum absolute atomic E-state index is 0.0637. The predicted octanol–water partition coefficient (Wildman–Crippen LogP) is 2.10. The van der Waals surface area contributed by atoms with Crippen LogP contribution in [0, 0.1) is 11.3 Å². The third-order valence-corrected chi connectivity index (χ3v) is 3.27. The Morgan fingerprint density at radius 3 is 2.55 bits per heavy atom. The fourth-order valence-corrected chi connectivity index (χ4v) is 2.10. The number of rotatable bonds is 7. The quantitative estimate of drug-likeness (QED) is 0.827. The van der Waals surface area contributed by atoms with Crippen molar-refractivity contribution in [1.29, 1.82) is 5.26 Å². The van der Waals surface area contributed by atoms with Gasteiger partial charge in [-0.05, 0) is 32.3 Å². The molecule has 2 N–H and O–H groups in total. The van der Waals surface area contributed by atoms with E-state index >= 15 is 0 Å². The molecular weight excluding hydrogens is 250 g/mol. The van der Waals surface area contributed by atoms with E-state index in [9.17, 15) is 4.79 Å². The number of carbonyl (C=O) groups is 1. The molecule has 0 saturated heterocycles. The second kappa shape index (κ2) is 8.34. The number of hydrogen-bond donors (Lipinski definition) is 1. The summed E-state index contributed by atoms with van der Waals surface area (Å²) in [7, 11) is 0. The van der Waals surface area contributed by atoms with E-state index in [1.54, 1.807) is 4.90 Å². The van der Waals surface area contributed by atoms with E-state index in [4.69, 9.17) is 11.0 Å². The van der Waals surface area contributed by atoms with Crippen molar-refractivity contribution >= 4 is 5.91 Å². The van der Waals surface area contributed by atoms with Gasteiger partial charge in [0.05, 0.1) is 18.5 Å². The fraction of sp³-hybridized carbons (Fsp3) is 0.500. The summed E-state index contributed by atoms with van der Waals surface area (Å²) >= 11 is 0. The predicted molar refractivity (Wildman–Crippen MR) is 79.8 cm³/mol. The summed E-state index contributed by atoms with van der Waals surface area (Å²) in [6, 6.07) is 11.6. The smallest absolute Gasteiger partial charge is 0.239 e. The van der Waals surface area contributed by atoms with E-state index in [2.05, 4.69) is 6.07 Å². The van der Waals surface area contributed by atoms with Crippen LogP contribution in [-0.4, -0.2) is 29.4 Å². The number of benzene rings is 1. The van der Waals surface area contributed by atoms with Crippen LogP contribution in [0.1, 0.15) is 32.3 Å². The zero-order chi connectivity index (χ0) is 15.0. The van der Waals surface area contributed by atoms with Gasteiger partial charge in [-0.2, -0.15) is 5.26 Å². The van der Waals surface area contributed by atoms with Gasteiger partial charge in [-0.25, -0.2) is 0 Å². The molecule has 0 saturated carbocycles. The first-order chi connectivity index (χ1) is 9.56. The highest BCUT2D eigenvalue weighted by atomic mass is 16.2. The average molecular weight is 273 g/mol. The zero-order valence-corrected chi connectivity index (χ0v) is 12.2. The van der Waals surface area contributed by atoms with Gasteiger partial charge in [0.15, 0.2) is 0 Å². The lowest BCUT2D eigenvalue weighted by molar-refractivity contribution is -0.134. The minimum atomic E-state index is -0.503. The molecule has 0 aromatic heterocycles. The molecule has 1 aromatic carbocycles. The molecule has 0 radical (unpaired) electrons. The lowest BCUT2D eigenvalue weighted by Gasteiger charge is -2.28. The third-order valence-electron chi connectivity index (χ3n) is 3.27. The molecule has 0 heterocycles. The number of amides is 1. The number of nitrogens with two attached hydrogens (primary N) is 1. The highest BCUT2D eigenvalue weighted by Crippen LogP contribution is 2.08. The normalized spacial score (nSPS) is 11.9. The number of hydrogen-bond acceptors (Lipinski definition) is 3. The molecule has 0 unspecified atom stereocenters. The van der Waals surface area contributed by atoms with Crippen molar-refractivity contribution in [2.75, 3.05) is 6.54 Å². The first-order valence-corrected chi connectivity index (χ1v) is 7.03. The topological polar surface area (TPSA) is 70.1 Å². The molecule has 4 nitrogen and oxygen atoms in total. The molecule has 1 rings (SSSR count). The summed E-state index contributed by atoms with van der Waals surface area (Å²) in [6.45, 7) is 4.34. The van der Waals surface area contributed by atoms with Crippen LogP contribution in [-0.2, 0) is 11.2 Å². The van der Waals surface area contributed by atoms with Crippen LogP contribution in [0.5, 0.6) is 0 Å². The summed E-state index contributed by atoms with van der Waals surface area (Å²) in [5.74, 6) is -0.0637. The maximum absolute atomic E-state index is 12.3. The van der Waals surface area contributed by atoms with Crippen molar-refractivity contribution in [3.63, 3.8) is 0 Å². The van der Waals surface area contributed by atoms with Gasteiger partial charge in [0.2, 0.25) is 5.91 Å². The van der Waals surface area contributed by atoms with Gasteiger partial charge in [0, 0.05) is 12.6 Å². The Kier molecular flexibility index (Phi) is 6.75. The van der Waals surface area contributed by atoms with Crippen molar-refractivity contribution in [2.24, 2.45) is 5.73 Å². The van der Waals surface area contributed by atoms with E-state index in [-0.39, 0.29) is 11.9 Å². The molecule has 1 amide bonds. The lowest BCUT2D eigenvalue weighted by Crippen LogP contribution is -2.47. The van der Waals surface area contributed by atoms with Crippen LogP contribution in [0.3, 0.4) is 0 Å². The van der Waals surface area contributed by atoms with Crippen molar-refractivity contribution in [3.05, 3.63) is 35.9 Å². The molecule has 0 bridgehead atoms. The van der Waals surface area contributed by atoms with Crippen molar-refractivity contribution in [3.8, 4) is 6.07 Å². The van der Waals surface area contributed by atoms with Crippen LogP contribution in [0.15, 0.2) is 30.3 Å². The molecule has 0 aliphatic rings. The molecule has 0 aliphatic heterocycles. The second-order valence-electron chi connectivity index (χ2n) is 5.16. The minimum Gasteiger partial charge on any atom is -0.338 e. The standard InChI is InChI=1S/C16H23N3O/c1-13(2)19(12-6-11-17)16(20)15(18)10-9-14-7-4-3-5-8-14/h3-5,7-8,13,15H,6,9-10,12,18H2,1-2H3/t15-/m0/s1. The van der Waals surface area contributed by atoms with Gasteiger partial charge >= 0.3 is 0 Å². The van der Waals surface area contributed by atoms with E-state index in [1.807, 2.05) is 44.2 Å². The van der Waals surface area contributed by atoms with Crippen LogP contribution in [0.25, 0.3) is 0 Å². The Hall–Kier alpha value is -1.86. The molecule has 1 atom stereocenters. The summed E-state index contributed by atoms with van der Waals surface area (Å²) in [4.78, 5) is 14.0.